The molecular formula is C15H27N3O3. The summed E-state index contributed by atoms with van der Waals surface area (Å²) in [6.45, 7) is 6.49. The van der Waals surface area contributed by atoms with Crippen molar-refractivity contribution in [2.24, 2.45) is 0 Å². The lowest BCUT2D eigenvalue weighted by Crippen LogP contribution is -2.57. The zero-order valence-electron chi connectivity index (χ0n) is 13.1. The highest BCUT2D eigenvalue weighted by Gasteiger charge is 2.40. The van der Waals surface area contributed by atoms with Crippen LogP contribution in [0.5, 0.6) is 0 Å². The molecule has 2 heterocycles. The number of nitrogens with zero attached hydrogens (tertiary/aromatic N) is 1. The van der Waals surface area contributed by atoms with Crippen LogP contribution in [0.25, 0.3) is 0 Å². The maximum absolute atomic E-state index is 12.5. The molecule has 2 rings (SSSR count). The summed E-state index contributed by atoms with van der Waals surface area (Å²) in [6, 6.07) is 0.161. The largest absolute Gasteiger partial charge is 0.450 e. The zero-order valence-corrected chi connectivity index (χ0v) is 13.1. The third-order valence-electron chi connectivity index (χ3n) is 4.64. The van der Waals surface area contributed by atoms with E-state index in [0.717, 1.165) is 38.6 Å². The molecule has 2 amide bonds. The molecule has 0 radical (unpaired) electrons. The Balaban J connectivity index is 1.80. The predicted octanol–water partition coefficient (Wildman–Crippen LogP) is 1.26. The lowest BCUT2D eigenvalue weighted by Gasteiger charge is -2.34. The Labute approximate surface area is 126 Å². The van der Waals surface area contributed by atoms with E-state index in [1.165, 1.54) is 0 Å². The van der Waals surface area contributed by atoms with E-state index in [-0.39, 0.29) is 23.6 Å². The molecule has 0 spiro atoms. The molecule has 1 atom stereocenters. The summed E-state index contributed by atoms with van der Waals surface area (Å²) in [5.74, 6) is 0.122. The SMILES string of the molecule is CCOC(=O)N1CCC(NC(=O)C2(CC)CCCN2)CC1. The highest BCUT2D eigenvalue weighted by Crippen LogP contribution is 2.24. The summed E-state index contributed by atoms with van der Waals surface area (Å²) in [5.41, 5.74) is -0.377. The van der Waals surface area contributed by atoms with Crippen LogP contribution < -0.4 is 10.6 Å². The van der Waals surface area contributed by atoms with Crippen LogP contribution in [0.1, 0.15) is 46.0 Å². The van der Waals surface area contributed by atoms with E-state index in [0.29, 0.717) is 19.7 Å². The number of piperidine rings is 1. The Morgan fingerprint density at radius 2 is 2.05 bits per heavy atom. The lowest BCUT2D eigenvalue weighted by atomic mass is 9.92. The van der Waals surface area contributed by atoms with Gasteiger partial charge in [0.05, 0.1) is 12.1 Å². The molecule has 2 saturated heterocycles. The highest BCUT2D eigenvalue weighted by molar-refractivity contribution is 5.86. The van der Waals surface area contributed by atoms with Crippen LogP contribution in [0.15, 0.2) is 0 Å². The molecule has 21 heavy (non-hydrogen) atoms. The normalized spacial score (nSPS) is 26.7. The number of ether oxygens (including phenoxy) is 1. The average molecular weight is 297 g/mol. The van der Waals surface area contributed by atoms with E-state index in [2.05, 4.69) is 17.6 Å². The second-order valence-electron chi connectivity index (χ2n) is 5.90. The second kappa shape index (κ2) is 7.11. The number of rotatable bonds is 4. The van der Waals surface area contributed by atoms with Gasteiger partial charge in [-0.3, -0.25) is 4.79 Å². The standard InChI is InChI=1S/C15H27N3O3/c1-3-15(8-5-9-16-15)13(19)17-12-6-10-18(11-7-12)14(20)21-4-2/h12,16H,3-11H2,1-2H3,(H,17,19). The minimum absolute atomic E-state index is 0.122. The van der Waals surface area contributed by atoms with Crippen molar-refractivity contribution in [1.82, 2.24) is 15.5 Å². The molecule has 120 valence electrons. The first-order chi connectivity index (χ1) is 10.1. The maximum Gasteiger partial charge on any atom is 0.409 e. The quantitative estimate of drug-likeness (QED) is 0.819. The molecule has 2 aliphatic heterocycles. The van der Waals surface area contributed by atoms with Gasteiger partial charge in [0.25, 0.3) is 0 Å². The third kappa shape index (κ3) is 3.67. The smallest absolute Gasteiger partial charge is 0.409 e. The molecule has 0 saturated carbocycles. The van der Waals surface area contributed by atoms with Gasteiger partial charge in [0.2, 0.25) is 5.91 Å². The van der Waals surface area contributed by atoms with Crippen LogP contribution >= 0.6 is 0 Å². The van der Waals surface area contributed by atoms with E-state index in [9.17, 15) is 9.59 Å². The second-order valence-corrected chi connectivity index (χ2v) is 5.90. The number of carbonyl (C=O) groups is 2. The number of hydrogen-bond donors (Lipinski definition) is 2. The fourth-order valence-electron chi connectivity index (χ4n) is 3.21. The Bertz CT molecular complexity index is 372. The van der Waals surface area contributed by atoms with Crippen LogP contribution in [-0.4, -0.2) is 54.7 Å². The first-order valence-corrected chi connectivity index (χ1v) is 8.09. The van der Waals surface area contributed by atoms with Gasteiger partial charge < -0.3 is 20.3 Å². The minimum atomic E-state index is -0.377. The summed E-state index contributed by atoms with van der Waals surface area (Å²) in [4.78, 5) is 25.9. The Morgan fingerprint density at radius 1 is 1.33 bits per heavy atom. The summed E-state index contributed by atoms with van der Waals surface area (Å²) in [5, 5.41) is 6.52. The van der Waals surface area contributed by atoms with Crippen molar-refractivity contribution < 1.29 is 14.3 Å². The summed E-state index contributed by atoms with van der Waals surface area (Å²) in [6.07, 6.45) is 4.14. The highest BCUT2D eigenvalue weighted by atomic mass is 16.6. The van der Waals surface area contributed by atoms with Gasteiger partial charge in [-0.1, -0.05) is 6.92 Å². The van der Waals surface area contributed by atoms with Gasteiger partial charge in [-0.15, -0.1) is 0 Å². The van der Waals surface area contributed by atoms with Crippen molar-refractivity contribution in [3.63, 3.8) is 0 Å². The fourth-order valence-corrected chi connectivity index (χ4v) is 3.21. The van der Waals surface area contributed by atoms with Crippen molar-refractivity contribution in [3.8, 4) is 0 Å². The molecular weight excluding hydrogens is 270 g/mol. The van der Waals surface area contributed by atoms with E-state index in [1.807, 2.05) is 6.92 Å². The van der Waals surface area contributed by atoms with E-state index in [4.69, 9.17) is 4.74 Å². The lowest BCUT2D eigenvalue weighted by molar-refractivity contribution is -0.128. The molecule has 0 aromatic carbocycles. The molecule has 0 aromatic heterocycles. The van der Waals surface area contributed by atoms with Crippen molar-refractivity contribution in [3.05, 3.63) is 0 Å². The molecule has 2 aliphatic rings. The topological polar surface area (TPSA) is 70.7 Å². The van der Waals surface area contributed by atoms with Crippen LogP contribution in [0.2, 0.25) is 0 Å². The minimum Gasteiger partial charge on any atom is -0.450 e. The van der Waals surface area contributed by atoms with Crippen LogP contribution in [0.4, 0.5) is 4.79 Å². The van der Waals surface area contributed by atoms with Gasteiger partial charge in [0.15, 0.2) is 0 Å². The predicted molar refractivity (Wildman–Crippen MR) is 80.0 cm³/mol. The Morgan fingerprint density at radius 3 is 2.57 bits per heavy atom. The molecule has 2 fully saturated rings. The van der Waals surface area contributed by atoms with Gasteiger partial charge in [0.1, 0.15) is 0 Å². The molecule has 2 N–H and O–H groups in total. The summed E-state index contributed by atoms with van der Waals surface area (Å²) >= 11 is 0. The Kier molecular flexibility index (Phi) is 5.45. The Hall–Kier alpha value is -1.30. The van der Waals surface area contributed by atoms with Gasteiger partial charge in [0, 0.05) is 19.1 Å². The van der Waals surface area contributed by atoms with E-state index >= 15 is 0 Å². The molecule has 0 aliphatic carbocycles. The zero-order chi connectivity index (χ0) is 15.3. The van der Waals surface area contributed by atoms with E-state index in [1.54, 1.807) is 4.90 Å². The monoisotopic (exact) mass is 297 g/mol. The number of hydrogen-bond acceptors (Lipinski definition) is 4. The van der Waals surface area contributed by atoms with Gasteiger partial charge in [-0.25, -0.2) is 4.79 Å². The first kappa shape index (κ1) is 16.1. The molecule has 0 aromatic rings. The number of amides is 2. The van der Waals surface area contributed by atoms with Crippen molar-refractivity contribution >= 4 is 12.0 Å². The summed E-state index contributed by atoms with van der Waals surface area (Å²) in [7, 11) is 0. The van der Waals surface area contributed by atoms with Crippen molar-refractivity contribution in [1.29, 1.82) is 0 Å². The van der Waals surface area contributed by atoms with Crippen molar-refractivity contribution in [2.75, 3.05) is 26.2 Å². The van der Waals surface area contributed by atoms with Crippen LogP contribution in [0.3, 0.4) is 0 Å². The number of likely N-dealkylation sites (tertiary alicyclic amines) is 1. The fraction of sp³-hybridized carbons (Fsp3) is 0.867. The molecule has 6 heteroatoms. The molecule has 1 unspecified atom stereocenters. The number of nitrogens with one attached hydrogen (secondary N) is 2. The number of carbonyl (C=O) groups excluding carboxylic acids is 2. The first-order valence-electron chi connectivity index (χ1n) is 8.09. The summed E-state index contributed by atoms with van der Waals surface area (Å²) < 4.78 is 5.00. The van der Waals surface area contributed by atoms with Gasteiger partial charge in [-0.2, -0.15) is 0 Å². The van der Waals surface area contributed by atoms with Crippen molar-refractivity contribution in [2.45, 2.75) is 57.5 Å². The average Bonchev–Trinajstić information content (AvgIpc) is 2.98. The van der Waals surface area contributed by atoms with Crippen LogP contribution in [-0.2, 0) is 9.53 Å². The third-order valence-corrected chi connectivity index (χ3v) is 4.64. The van der Waals surface area contributed by atoms with E-state index < -0.39 is 0 Å². The van der Waals surface area contributed by atoms with Gasteiger partial charge >= 0.3 is 6.09 Å². The maximum atomic E-state index is 12.5. The van der Waals surface area contributed by atoms with Crippen LogP contribution in [0, 0.1) is 0 Å². The molecule has 6 nitrogen and oxygen atoms in total. The molecule has 0 bridgehead atoms. The van der Waals surface area contributed by atoms with Gasteiger partial charge in [-0.05, 0) is 45.6 Å².